The summed E-state index contributed by atoms with van der Waals surface area (Å²) in [5.74, 6) is 0.228. The number of para-hydroxylation sites is 1. The highest BCUT2D eigenvalue weighted by Crippen LogP contribution is 2.22. The molecule has 0 radical (unpaired) electrons. The largest absolute Gasteiger partial charge is 0.480 e. The van der Waals surface area contributed by atoms with Crippen molar-refractivity contribution in [2.75, 3.05) is 5.32 Å². The number of rotatable bonds is 8. The average molecular weight is 383 g/mol. The molecule has 2 N–H and O–H groups in total. The van der Waals surface area contributed by atoms with Crippen LogP contribution in [0.4, 0.5) is 5.69 Å². The van der Waals surface area contributed by atoms with Gasteiger partial charge in [-0.15, -0.1) is 0 Å². The monoisotopic (exact) mass is 382 g/mol. The van der Waals surface area contributed by atoms with E-state index in [1.165, 1.54) is 0 Å². The molecule has 5 heteroatoms. The summed E-state index contributed by atoms with van der Waals surface area (Å²) in [6.07, 6.45) is 0.702. The van der Waals surface area contributed by atoms with Crippen LogP contribution in [0.25, 0.3) is 0 Å². The van der Waals surface area contributed by atoms with Crippen LogP contribution < -0.4 is 15.4 Å². The van der Waals surface area contributed by atoms with Crippen molar-refractivity contribution in [3.05, 3.63) is 59.2 Å². The molecule has 0 aliphatic carbocycles. The average Bonchev–Trinajstić information content (AvgIpc) is 2.68. The van der Waals surface area contributed by atoms with Gasteiger partial charge in [0.25, 0.3) is 11.8 Å². The molecule has 0 bridgehead atoms. The molecule has 2 aromatic carbocycles. The summed E-state index contributed by atoms with van der Waals surface area (Å²) >= 11 is 0. The molecule has 2 rings (SSSR count). The maximum absolute atomic E-state index is 12.8. The molecule has 28 heavy (non-hydrogen) atoms. The van der Waals surface area contributed by atoms with Gasteiger partial charge in [0.05, 0.1) is 11.3 Å². The highest BCUT2D eigenvalue weighted by atomic mass is 16.5. The van der Waals surface area contributed by atoms with Gasteiger partial charge in [0, 0.05) is 6.04 Å². The summed E-state index contributed by atoms with van der Waals surface area (Å²) in [5, 5.41) is 5.80. The van der Waals surface area contributed by atoms with Gasteiger partial charge in [-0.05, 0) is 62.9 Å². The number of ether oxygens (including phenoxy) is 1. The number of hydrogen-bond acceptors (Lipinski definition) is 3. The summed E-state index contributed by atoms with van der Waals surface area (Å²) < 4.78 is 5.98. The van der Waals surface area contributed by atoms with Gasteiger partial charge in [-0.1, -0.05) is 38.1 Å². The van der Waals surface area contributed by atoms with Crippen molar-refractivity contribution >= 4 is 17.5 Å². The van der Waals surface area contributed by atoms with E-state index in [1.54, 1.807) is 24.3 Å². The first-order valence-electron chi connectivity index (χ1n) is 9.80. The zero-order valence-corrected chi connectivity index (χ0v) is 17.3. The third-order valence-electron chi connectivity index (χ3n) is 4.70. The molecule has 0 fully saturated rings. The molecular weight excluding hydrogens is 352 g/mol. The van der Waals surface area contributed by atoms with Crippen LogP contribution in [0, 0.1) is 13.8 Å². The zero-order valence-electron chi connectivity index (χ0n) is 17.3. The second kappa shape index (κ2) is 9.93. The number of aryl methyl sites for hydroxylation is 2. The summed E-state index contributed by atoms with van der Waals surface area (Å²) in [6, 6.07) is 13.0. The van der Waals surface area contributed by atoms with Crippen molar-refractivity contribution in [3.63, 3.8) is 0 Å². The molecule has 0 spiro atoms. The van der Waals surface area contributed by atoms with Gasteiger partial charge in [0.1, 0.15) is 5.75 Å². The minimum Gasteiger partial charge on any atom is -0.480 e. The Morgan fingerprint density at radius 2 is 1.75 bits per heavy atom. The normalized spacial score (nSPS) is 12.8. The molecule has 2 aromatic rings. The highest BCUT2D eigenvalue weighted by Gasteiger charge is 2.22. The number of anilines is 1. The van der Waals surface area contributed by atoms with E-state index in [2.05, 4.69) is 10.6 Å². The van der Waals surface area contributed by atoms with Gasteiger partial charge < -0.3 is 15.4 Å². The molecule has 150 valence electrons. The smallest absolute Gasteiger partial charge is 0.265 e. The van der Waals surface area contributed by atoms with E-state index < -0.39 is 6.10 Å². The van der Waals surface area contributed by atoms with Crippen LogP contribution in [0.15, 0.2) is 42.5 Å². The number of hydrogen-bond donors (Lipinski definition) is 2. The fourth-order valence-electron chi connectivity index (χ4n) is 2.72. The van der Waals surface area contributed by atoms with E-state index >= 15 is 0 Å². The second-order valence-electron chi connectivity index (χ2n) is 7.10. The van der Waals surface area contributed by atoms with Crippen molar-refractivity contribution in [2.24, 2.45) is 0 Å². The number of amides is 2. The Kier molecular flexibility index (Phi) is 7.61. The molecule has 0 unspecified atom stereocenters. The molecule has 2 atom stereocenters. The van der Waals surface area contributed by atoms with Crippen LogP contribution in [-0.2, 0) is 4.79 Å². The van der Waals surface area contributed by atoms with Gasteiger partial charge in [-0.25, -0.2) is 0 Å². The van der Waals surface area contributed by atoms with Crippen LogP contribution in [-0.4, -0.2) is 24.0 Å². The summed E-state index contributed by atoms with van der Waals surface area (Å²) in [5.41, 5.74) is 2.97. The molecule has 0 heterocycles. The molecule has 0 saturated heterocycles. The molecule has 0 saturated carbocycles. The molecule has 0 aromatic heterocycles. The van der Waals surface area contributed by atoms with Crippen molar-refractivity contribution in [1.82, 2.24) is 5.32 Å². The van der Waals surface area contributed by atoms with E-state index in [0.29, 0.717) is 23.4 Å². The molecular formula is C23H30N2O3. The minimum atomic E-state index is -0.647. The Bertz CT molecular complexity index is 832. The van der Waals surface area contributed by atoms with Crippen LogP contribution >= 0.6 is 0 Å². The van der Waals surface area contributed by atoms with Gasteiger partial charge in [0.15, 0.2) is 6.10 Å². The predicted molar refractivity (Wildman–Crippen MR) is 113 cm³/mol. The standard InChI is InChI=1S/C23H30N2O3/c1-6-17(5)24-22(26)18-10-8-9-11-19(18)25-23(27)20(7-2)28-21-14-15(3)12-13-16(21)4/h8-14,17,20H,6-7H2,1-5H3,(H,24,26)(H,25,27)/t17-,20-/m1/s1. The van der Waals surface area contributed by atoms with Crippen molar-refractivity contribution < 1.29 is 14.3 Å². The van der Waals surface area contributed by atoms with E-state index in [0.717, 1.165) is 17.5 Å². The third-order valence-corrected chi connectivity index (χ3v) is 4.70. The zero-order chi connectivity index (χ0) is 20.7. The van der Waals surface area contributed by atoms with Crippen LogP contribution in [0.2, 0.25) is 0 Å². The summed E-state index contributed by atoms with van der Waals surface area (Å²) in [4.78, 5) is 25.4. The van der Waals surface area contributed by atoms with E-state index in [-0.39, 0.29) is 17.9 Å². The number of carbonyl (C=O) groups is 2. The van der Waals surface area contributed by atoms with Crippen molar-refractivity contribution in [1.29, 1.82) is 0 Å². The molecule has 0 aliphatic heterocycles. The van der Waals surface area contributed by atoms with Gasteiger partial charge in [-0.2, -0.15) is 0 Å². The fourth-order valence-corrected chi connectivity index (χ4v) is 2.72. The number of benzene rings is 2. The van der Waals surface area contributed by atoms with Crippen LogP contribution in [0.5, 0.6) is 5.75 Å². The topological polar surface area (TPSA) is 67.4 Å². The lowest BCUT2D eigenvalue weighted by molar-refractivity contribution is -0.122. The van der Waals surface area contributed by atoms with E-state index in [9.17, 15) is 9.59 Å². The number of nitrogens with one attached hydrogen (secondary N) is 2. The van der Waals surface area contributed by atoms with E-state index in [1.807, 2.05) is 52.8 Å². The maximum atomic E-state index is 12.8. The lowest BCUT2D eigenvalue weighted by Gasteiger charge is -2.20. The van der Waals surface area contributed by atoms with Crippen molar-refractivity contribution in [3.8, 4) is 5.75 Å². The predicted octanol–water partition coefficient (Wildman–Crippen LogP) is 4.63. The van der Waals surface area contributed by atoms with Crippen LogP contribution in [0.1, 0.15) is 55.1 Å². The van der Waals surface area contributed by atoms with Gasteiger partial charge in [-0.3, -0.25) is 9.59 Å². The SMILES string of the molecule is CC[C@@H](C)NC(=O)c1ccccc1NC(=O)[C@@H](CC)Oc1cc(C)ccc1C. The fraction of sp³-hybridized carbons (Fsp3) is 0.391. The Morgan fingerprint density at radius 1 is 1.04 bits per heavy atom. The first kappa shape index (κ1) is 21.5. The summed E-state index contributed by atoms with van der Waals surface area (Å²) in [6.45, 7) is 9.80. The quantitative estimate of drug-likeness (QED) is 0.699. The molecule has 0 aliphatic rings. The Balaban J connectivity index is 2.16. The minimum absolute atomic E-state index is 0.0623. The van der Waals surface area contributed by atoms with E-state index in [4.69, 9.17) is 4.74 Å². The lowest BCUT2D eigenvalue weighted by atomic mass is 10.1. The number of carbonyl (C=O) groups excluding carboxylic acids is 2. The van der Waals surface area contributed by atoms with Gasteiger partial charge >= 0.3 is 0 Å². The molecule has 2 amide bonds. The lowest BCUT2D eigenvalue weighted by Crippen LogP contribution is -2.35. The van der Waals surface area contributed by atoms with Gasteiger partial charge in [0.2, 0.25) is 0 Å². The Hall–Kier alpha value is -2.82. The first-order valence-corrected chi connectivity index (χ1v) is 9.80. The van der Waals surface area contributed by atoms with Crippen LogP contribution in [0.3, 0.4) is 0 Å². The Labute approximate surface area is 167 Å². The highest BCUT2D eigenvalue weighted by molar-refractivity contribution is 6.04. The Morgan fingerprint density at radius 3 is 2.43 bits per heavy atom. The maximum Gasteiger partial charge on any atom is 0.265 e. The second-order valence-corrected chi connectivity index (χ2v) is 7.10. The summed E-state index contributed by atoms with van der Waals surface area (Å²) in [7, 11) is 0. The van der Waals surface area contributed by atoms with Crippen molar-refractivity contribution in [2.45, 2.75) is 59.6 Å². The third kappa shape index (κ3) is 5.59. The molecule has 5 nitrogen and oxygen atoms in total. The first-order chi connectivity index (χ1) is 13.3.